The van der Waals surface area contributed by atoms with Crippen LogP contribution in [-0.4, -0.2) is 16.3 Å². The van der Waals surface area contributed by atoms with Gasteiger partial charge in [0.05, 0.1) is 12.2 Å². The molecule has 0 bridgehead atoms. The number of rotatable bonds is 4. The quantitative estimate of drug-likeness (QED) is 0.923. The van der Waals surface area contributed by atoms with Crippen LogP contribution in [0.15, 0.2) is 30.6 Å². The summed E-state index contributed by atoms with van der Waals surface area (Å²) in [7, 11) is 1.83. The maximum atomic E-state index is 13.9. The van der Waals surface area contributed by atoms with E-state index in [1.807, 2.05) is 20.2 Å². The fraction of sp³-hybridized carbons (Fsp3) is 0.308. The van der Waals surface area contributed by atoms with Crippen molar-refractivity contribution in [2.24, 2.45) is 7.05 Å². The lowest BCUT2D eigenvalue weighted by Crippen LogP contribution is -2.22. The molecular formula is C13H15ClFN3. The lowest BCUT2D eigenvalue weighted by atomic mass is 10.0. The highest BCUT2D eigenvalue weighted by Gasteiger charge is 2.18. The zero-order valence-corrected chi connectivity index (χ0v) is 11.1. The summed E-state index contributed by atoms with van der Waals surface area (Å²) in [5.74, 6) is -0.269. The van der Waals surface area contributed by atoms with Crippen LogP contribution in [0.25, 0.3) is 0 Å². The predicted molar refractivity (Wildman–Crippen MR) is 70.1 cm³/mol. The van der Waals surface area contributed by atoms with Gasteiger partial charge in [-0.15, -0.1) is 0 Å². The number of hydrogen-bond donors (Lipinski definition) is 1. The first kappa shape index (κ1) is 13.1. The molecule has 0 aliphatic heterocycles. The molecule has 1 heterocycles. The van der Waals surface area contributed by atoms with Crippen LogP contribution in [0.5, 0.6) is 0 Å². The minimum absolute atomic E-state index is 0.234. The minimum atomic E-state index is -0.269. The number of nitrogens with zero attached hydrogens (tertiary/aromatic N) is 2. The average molecular weight is 268 g/mol. The van der Waals surface area contributed by atoms with Gasteiger partial charge in [-0.1, -0.05) is 18.5 Å². The van der Waals surface area contributed by atoms with Gasteiger partial charge in [0.2, 0.25) is 0 Å². The molecule has 18 heavy (non-hydrogen) atoms. The molecule has 0 fully saturated rings. The Labute approximate surface area is 111 Å². The number of benzene rings is 1. The summed E-state index contributed by atoms with van der Waals surface area (Å²) in [6.07, 6.45) is 3.60. The summed E-state index contributed by atoms with van der Waals surface area (Å²) < 4.78 is 15.6. The van der Waals surface area contributed by atoms with Gasteiger partial charge in [-0.3, -0.25) is 4.68 Å². The van der Waals surface area contributed by atoms with Gasteiger partial charge >= 0.3 is 0 Å². The van der Waals surface area contributed by atoms with E-state index in [2.05, 4.69) is 10.4 Å². The van der Waals surface area contributed by atoms with Crippen molar-refractivity contribution in [2.75, 3.05) is 6.54 Å². The third-order valence-electron chi connectivity index (χ3n) is 2.74. The fourth-order valence-corrected chi connectivity index (χ4v) is 2.12. The molecule has 0 aliphatic rings. The summed E-state index contributed by atoms with van der Waals surface area (Å²) in [4.78, 5) is 0. The van der Waals surface area contributed by atoms with Crippen LogP contribution in [0.1, 0.15) is 24.1 Å². The molecule has 0 saturated carbocycles. The molecule has 1 unspecified atom stereocenters. The summed E-state index contributed by atoms with van der Waals surface area (Å²) >= 11 is 5.94. The van der Waals surface area contributed by atoms with E-state index in [-0.39, 0.29) is 11.9 Å². The zero-order chi connectivity index (χ0) is 13.1. The Morgan fingerprint density at radius 3 is 2.89 bits per heavy atom. The van der Waals surface area contributed by atoms with Crippen molar-refractivity contribution < 1.29 is 4.39 Å². The molecule has 0 saturated heterocycles. The van der Waals surface area contributed by atoms with E-state index in [0.717, 1.165) is 12.1 Å². The molecule has 1 aromatic carbocycles. The van der Waals surface area contributed by atoms with Crippen LogP contribution >= 0.6 is 11.6 Å². The second-order valence-electron chi connectivity index (χ2n) is 4.10. The first-order chi connectivity index (χ1) is 8.61. The Balaban J connectivity index is 2.44. The van der Waals surface area contributed by atoms with Gasteiger partial charge in [-0.25, -0.2) is 4.39 Å². The Bertz CT molecular complexity index is 539. The van der Waals surface area contributed by atoms with Crippen LogP contribution in [0.3, 0.4) is 0 Å². The highest BCUT2D eigenvalue weighted by atomic mass is 35.5. The predicted octanol–water partition coefficient (Wildman–Crippen LogP) is 2.91. The zero-order valence-electron chi connectivity index (χ0n) is 10.3. The van der Waals surface area contributed by atoms with E-state index in [1.54, 1.807) is 23.0 Å². The molecule has 0 radical (unpaired) electrons. The topological polar surface area (TPSA) is 29.9 Å². The first-order valence-corrected chi connectivity index (χ1v) is 6.16. The van der Waals surface area contributed by atoms with Crippen molar-refractivity contribution in [2.45, 2.75) is 13.0 Å². The van der Waals surface area contributed by atoms with Crippen molar-refractivity contribution in [1.29, 1.82) is 0 Å². The highest BCUT2D eigenvalue weighted by molar-refractivity contribution is 6.30. The van der Waals surface area contributed by atoms with Gasteiger partial charge in [-0.05, 0) is 24.7 Å². The van der Waals surface area contributed by atoms with Crippen molar-refractivity contribution in [3.8, 4) is 0 Å². The number of hydrogen-bond acceptors (Lipinski definition) is 2. The lowest BCUT2D eigenvalue weighted by Gasteiger charge is -2.17. The van der Waals surface area contributed by atoms with Crippen molar-refractivity contribution in [1.82, 2.24) is 15.1 Å². The number of aromatic nitrogens is 2. The molecule has 96 valence electrons. The molecule has 1 N–H and O–H groups in total. The van der Waals surface area contributed by atoms with Crippen LogP contribution in [0.2, 0.25) is 5.02 Å². The van der Waals surface area contributed by atoms with Gasteiger partial charge in [-0.2, -0.15) is 5.10 Å². The third-order valence-corrected chi connectivity index (χ3v) is 2.97. The maximum absolute atomic E-state index is 13.9. The average Bonchev–Trinajstić information content (AvgIpc) is 2.76. The summed E-state index contributed by atoms with van der Waals surface area (Å²) in [5.41, 5.74) is 1.46. The van der Waals surface area contributed by atoms with Crippen molar-refractivity contribution >= 4 is 11.6 Å². The van der Waals surface area contributed by atoms with Gasteiger partial charge < -0.3 is 5.32 Å². The number of aryl methyl sites for hydroxylation is 1. The van der Waals surface area contributed by atoms with Gasteiger partial charge in [0.1, 0.15) is 5.82 Å². The second-order valence-corrected chi connectivity index (χ2v) is 4.54. The Morgan fingerprint density at radius 2 is 2.28 bits per heavy atom. The summed E-state index contributed by atoms with van der Waals surface area (Å²) in [6, 6.07) is 4.35. The fourth-order valence-electron chi connectivity index (χ4n) is 1.94. The maximum Gasteiger partial charge on any atom is 0.128 e. The normalized spacial score (nSPS) is 12.7. The van der Waals surface area contributed by atoms with E-state index in [9.17, 15) is 4.39 Å². The largest absolute Gasteiger partial charge is 0.306 e. The van der Waals surface area contributed by atoms with Gasteiger partial charge in [0, 0.05) is 29.4 Å². The molecule has 2 rings (SSSR count). The molecule has 0 amide bonds. The smallest absolute Gasteiger partial charge is 0.128 e. The molecule has 5 heteroatoms. The van der Waals surface area contributed by atoms with E-state index in [1.165, 1.54) is 6.07 Å². The molecular weight excluding hydrogens is 253 g/mol. The monoisotopic (exact) mass is 267 g/mol. The summed E-state index contributed by atoms with van der Waals surface area (Å²) in [5, 5.41) is 7.89. The van der Waals surface area contributed by atoms with E-state index >= 15 is 0 Å². The number of nitrogens with one attached hydrogen (secondary N) is 1. The summed E-state index contributed by atoms with van der Waals surface area (Å²) in [6.45, 7) is 2.71. The van der Waals surface area contributed by atoms with Gasteiger partial charge in [0.25, 0.3) is 0 Å². The lowest BCUT2D eigenvalue weighted by molar-refractivity contribution is 0.559. The van der Waals surface area contributed by atoms with E-state index < -0.39 is 0 Å². The first-order valence-electron chi connectivity index (χ1n) is 5.78. The Kier molecular flexibility index (Phi) is 3.99. The molecule has 1 atom stereocenters. The van der Waals surface area contributed by atoms with Crippen LogP contribution in [0, 0.1) is 5.82 Å². The van der Waals surface area contributed by atoms with Crippen molar-refractivity contribution in [3.63, 3.8) is 0 Å². The SMILES string of the molecule is CCNC(c1cnn(C)c1)c1cc(Cl)ccc1F. The standard InChI is InChI=1S/C13H15ClFN3/c1-3-16-13(9-7-17-18(2)8-9)11-6-10(14)4-5-12(11)15/h4-8,13,16H,3H2,1-2H3. The van der Waals surface area contributed by atoms with Gasteiger partial charge in [0.15, 0.2) is 0 Å². The van der Waals surface area contributed by atoms with Crippen LogP contribution < -0.4 is 5.32 Å². The number of halogens is 2. The molecule has 2 aromatic rings. The molecule has 3 nitrogen and oxygen atoms in total. The second kappa shape index (κ2) is 5.50. The Hall–Kier alpha value is -1.39. The molecule has 0 aliphatic carbocycles. The highest BCUT2D eigenvalue weighted by Crippen LogP contribution is 2.26. The van der Waals surface area contributed by atoms with E-state index in [4.69, 9.17) is 11.6 Å². The minimum Gasteiger partial charge on any atom is -0.306 e. The van der Waals surface area contributed by atoms with E-state index in [0.29, 0.717) is 10.6 Å². The third kappa shape index (κ3) is 2.71. The molecule has 0 spiro atoms. The van der Waals surface area contributed by atoms with Crippen LogP contribution in [-0.2, 0) is 7.05 Å². The van der Waals surface area contributed by atoms with Crippen molar-refractivity contribution in [3.05, 3.63) is 52.6 Å². The van der Waals surface area contributed by atoms with Crippen LogP contribution in [0.4, 0.5) is 4.39 Å². The Morgan fingerprint density at radius 1 is 1.50 bits per heavy atom. The molecule has 1 aromatic heterocycles.